The molecule has 0 aliphatic carbocycles. The van der Waals surface area contributed by atoms with Crippen molar-refractivity contribution in [1.29, 1.82) is 0 Å². The molecule has 0 saturated carbocycles. The second kappa shape index (κ2) is 8.02. The molecule has 0 amide bonds. The molecule has 0 aliphatic heterocycles. The van der Waals surface area contributed by atoms with Gasteiger partial charge in [0.2, 0.25) is 0 Å². The summed E-state index contributed by atoms with van der Waals surface area (Å²) >= 11 is 0. The van der Waals surface area contributed by atoms with Crippen molar-refractivity contribution >= 4 is 26.2 Å². The summed E-state index contributed by atoms with van der Waals surface area (Å²) in [7, 11) is -10.6. The number of halogens is 6. The lowest BCUT2D eigenvalue weighted by Crippen LogP contribution is -2.27. The third kappa shape index (κ3) is 9.63. The number of carboxylic acids is 1. The Morgan fingerprint density at radius 2 is 1.18 bits per heavy atom. The van der Waals surface area contributed by atoms with E-state index in [9.17, 15) is 48.0 Å². The van der Waals surface area contributed by atoms with Gasteiger partial charge in [0.15, 0.2) is 11.5 Å². The van der Waals surface area contributed by atoms with Gasteiger partial charge in [0.05, 0.1) is 6.42 Å². The highest BCUT2D eigenvalue weighted by molar-refractivity contribution is 7.87. The molecule has 1 rings (SSSR count). The van der Waals surface area contributed by atoms with Crippen LogP contribution in [0.25, 0.3) is 0 Å². The maximum Gasteiger partial charge on any atom is 0.406 e. The second-order valence-corrected chi connectivity index (χ2v) is 8.33. The summed E-state index contributed by atoms with van der Waals surface area (Å²) in [5.41, 5.74) is -0.413. The number of alkyl halides is 6. The second-order valence-electron chi connectivity index (χ2n) is 5.18. The molecule has 0 saturated heterocycles. The van der Waals surface area contributed by atoms with Gasteiger partial charge in [-0.15, -0.1) is 0 Å². The summed E-state index contributed by atoms with van der Waals surface area (Å²) < 4.78 is 127. The zero-order valence-electron chi connectivity index (χ0n) is 13.2. The van der Waals surface area contributed by atoms with E-state index in [-0.39, 0.29) is 0 Å². The zero-order chi connectivity index (χ0) is 22.0. The predicted molar refractivity (Wildman–Crippen MR) is 78.7 cm³/mol. The van der Waals surface area contributed by atoms with E-state index in [4.69, 9.17) is 5.11 Å². The van der Waals surface area contributed by atoms with Crippen LogP contribution in [-0.4, -0.2) is 51.8 Å². The Morgan fingerprint density at radius 3 is 1.46 bits per heavy atom. The Morgan fingerprint density at radius 1 is 0.821 bits per heavy atom. The van der Waals surface area contributed by atoms with E-state index < -0.39 is 73.5 Å². The molecule has 1 aromatic carbocycles. The van der Waals surface area contributed by atoms with Gasteiger partial charge in [0, 0.05) is 6.07 Å². The number of carbonyl (C=O) groups is 1. The van der Waals surface area contributed by atoms with Crippen molar-refractivity contribution in [3.05, 3.63) is 23.8 Å². The molecular weight excluding hydrogens is 450 g/mol. The fraction of sp³-hybridized carbons (Fsp3) is 0.417. The highest BCUT2D eigenvalue weighted by atomic mass is 32.2. The van der Waals surface area contributed by atoms with Crippen LogP contribution in [0, 0.1) is 0 Å². The largest absolute Gasteiger partial charge is 0.481 e. The van der Waals surface area contributed by atoms with Crippen LogP contribution in [0.4, 0.5) is 26.3 Å². The molecule has 0 aromatic heterocycles. The molecule has 1 aromatic rings. The van der Waals surface area contributed by atoms with Crippen LogP contribution in [0.5, 0.6) is 11.5 Å². The van der Waals surface area contributed by atoms with E-state index in [1.807, 2.05) is 0 Å². The van der Waals surface area contributed by atoms with Crippen molar-refractivity contribution in [2.45, 2.75) is 18.8 Å². The minimum Gasteiger partial charge on any atom is -0.481 e. The summed E-state index contributed by atoms with van der Waals surface area (Å²) in [5.74, 6) is -8.35. The van der Waals surface area contributed by atoms with Crippen LogP contribution in [0.15, 0.2) is 18.2 Å². The molecule has 0 spiro atoms. The van der Waals surface area contributed by atoms with E-state index in [0.29, 0.717) is 18.2 Å². The standard InChI is InChI=1S/C12H10F6O8S2/c13-11(14,15)5-27(21,22)25-8-1-7(3-10(19)20)2-9(4-8)26-28(23,24)6-12(16,17)18/h1-2,4H,3,5-6H2,(H,19,20). The lowest BCUT2D eigenvalue weighted by Gasteiger charge is -2.13. The molecule has 1 N–H and O–H groups in total. The van der Waals surface area contributed by atoms with E-state index >= 15 is 0 Å². The predicted octanol–water partition coefficient (Wildman–Crippen LogP) is 1.86. The van der Waals surface area contributed by atoms with E-state index in [0.717, 1.165) is 0 Å². The molecule has 0 heterocycles. The summed E-state index contributed by atoms with van der Waals surface area (Å²) in [6.45, 7) is 0. The summed E-state index contributed by atoms with van der Waals surface area (Å²) in [4.78, 5) is 10.7. The van der Waals surface area contributed by atoms with Crippen molar-refractivity contribution in [3.63, 3.8) is 0 Å². The first-order chi connectivity index (χ1) is 12.4. The quantitative estimate of drug-likeness (QED) is 0.461. The van der Waals surface area contributed by atoms with Gasteiger partial charge >= 0.3 is 38.6 Å². The summed E-state index contributed by atoms with van der Waals surface area (Å²) in [6.07, 6.45) is -11.3. The Bertz CT molecular complexity index is 868. The molecule has 0 unspecified atom stereocenters. The van der Waals surface area contributed by atoms with E-state index in [1.54, 1.807) is 0 Å². The number of rotatable bonds is 8. The van der Waals surface area contributed by atoms with Gasteiger partial charge in [0.25, 0.3) is 0 Å². The van der Waals surface area contributed by atoms with Crippen molar-refractivity contribution < 1.29 is 61.4 Å². The van der Waals surface area contributed by atoms with Crippen LogP contribution in [0.1, 0.15) is 5.56 Å². The first-order valence-electron chi connectivity index (χ1n) is 6.69. The van der Waals surface area contributed by atoms with Crippen molar-refractivity contribution in [2.75, 3.05) is 11.5 Å². The van der Waals surface area contributed by atoms with Gasteiger partial charge in [0.1, 0.15) is 11.5 Å². The maximum atomic E-state index is 12.2. The Hall–Kier alpha value is -2.23. The molecule has 160 valence electrons. The summed E-state index contributed by atoms with van der Waals surface area (Å²) in [5, 5.41) is 8.70. The Kier molecular flexibility index (Phi) is 6.82. The van der Waals surface area contributed by atoms with Gasteiger partial charge in [-0.1, -0.05) is 0 Å². The molecule has 0 aliphatic rings. The third-order valence-corrected chi connectivity index (χ3v) is 4.68. The van der Waals surface area contributed by atoms with Crippen molar-refractivity contribution in [3.8, 4) is 11.5 Å². The van der Waals surface area contributed by atoms with Gasteiger partial charge in [-0.2, -0.15) is 43.2 Å². The molecule has 16 heteroatoms. The Labute approximate surface area is 153 Å². The first-order valence-corrected chi connectivity index (χ1v) is 9.85. The molecule has 28 heavy (non-hydrogen) atoms. The molecule has 8 nitrogen and oxygen atoms in total. The van der Waals surface area contributed by atoms with Crippen LogP contribution < -0.4 is 8.37 Å². The normalized spacial score (nSPS) is 13.2. The maximum absolute atomic E-state index is 12.2. The third-order valence-electron chi connectivity index (χ3n) is 2.42. The zero-order valence-corrected chi connectivity index (χ0v) is 14.9. The average molecular weight is 460 g/mol. The highest BCUT2D eigenvalue weighted by Gasteiger charge is 2.38. The summed E-state index contributed by atoms with van der Waals surface area (Å²) in [6, 6.07) is 1.67. The minimum atomic E-state index is -5.28. The van der Waals surface area contributed by atoms with Gasteiger partial charge in [-0.3, -0.25) is 4.79 Å². The van der Waals surface area contributed by atoms with Crippen molar-refractivity contribution in [2.24, 2.45) is 0 Å². The number of hydrogen-bond donors (Lipinski definition) is 1. The van der Waals surface area contributed by atoms with Crippen LogP contribution in [-0.2, 0) is 31.5 Å². The van der Waals surface area contributed by atoms with Crippen molar-refractivity contribution in [1.82, 2.24) is 0 Å². The Balaban J connectivity index is 3.25. The van der Waals surface area contributed by atoms with E-state index in [2.05, 4.69) is 8.37 Å². The minimum absolute atomic E-state index is 0.382. The molecule has 0 atom stereocenters. The lowest BCUT2D eigenvalue weighted by atomic mass is 10.1. The number of aliphatic carboxylic acids is 1. The van der Waals surface area contributed by atoms with Gasteiger partial charge in [-0.05, 0) is 17.7 Å². The van der Waals surface area contributed by atoms with Crippen LogP contribution >= 0.6 is 0 Å². The average Bonchev–Trinajstić information content (AvgIpc) is 2.28. The lowest BCUT2D eigenvalue weighted by molar-refractivity contribution is -0.136. The molecular formula is C12H10F6O8S2. The topological polar surface area (TPSA) is 124 Å². The van der Waals surface area contributed by atoms with Gasteiger partial charge in [-0.25, -0.2) is 0 Å². The first kappa shape index (κ1) is 23.8. The molecule has 0 fully saturated rings. The van der Waals surface area contributed by atoms with Gasteiger partial charge < -0.3 is 13.5 Å². The number of hydrogen-bond acceptors (Lipinski definition) is 7. The SMILES string of the molecule is O=C(O)Cc1cc(OS(=O)(=O)CC(F)(F)F)cc(OS(=O)(=O)CC(F)(F)F)c1. The smallest absolute Gasteiger partial charge is 0.406 e. The van der Waals surface area contributed by atoms with Crippen LogP contribution in [0.2, 0.25) is 0 Å². The molecule has 0 bridgehead atoms. The number of carboxylic acid groups (broad SMARTS) is 1. The molecule has 0 radical (unpaired) electrons. The number of benzene rings is 1. The highest BCUT2D eigenvalue weighted by Crippen LogP contribution is 2.28. The fourth-order valence-electron chi connectivity index (χ4n) is 1.76. The fourth-order valence-corrected chi connectivity index (χ4v) is 3.46. The monoisotopic (exact) mass is 460 g/mol. The van der Waals surface area contributed by atoms with E-state index in [1.165, 1.54) is 0 Å². The van der Waals surface area contributed by atoms with Crippen LogP contribution in [0.3, 0.4) is 0 Å².